The summed E-state index contributed by atoms with van der Waals surface area (Å²) in [5, 5.41) is 6.90. The molecule has 1 amide bonds. The highest BCUT2D eigenvalue weighted by molar-refractivity contribution is 9.10. The van der Waals surface area contributed by atoms with E-state index >= 15 is 0 Å². The van der Waals surface area contributed by atoms with Gasteiger partial charge in [0.15, 0.2) is 0 Å². The Hall–Kier alpha value is -3.41. The van der Waals surface area contributed by atoms with Gasteiger partial charge in [0.1, 0.15) is 23.1 Å². The maximum absolute atomic E-state index is 14.1. The molecule has 2 heterocycles. The molecule has 5 nitrogen and oxygen atoms in total. The lowest BCUT2D eigenvalue weighted by molar-refractivity contribution is -0.140. The van der Waals surface area contributed by atoms with Gasteiger partial charge in [0, 0.05) is 27.6 Å². The van der Waals surface area contributed by atoms with E-state index in [0.717, 1.165) is 0 Å². The molecule has 182 valence electrons. The van der Waals surface area contributed by atoms with E-state index in [9.17, 15) is 31.1 Å². The van der Waals surface area contributed by atoms with Gasteiger partial charge in [-0.3, -0.25) is 9.48 Å². The van der Waals surface area contributed by atoms with Crippen LogP contribution in [0.15, 0.2) is 40.9 Å². The maximum Gasteiger partial charge on any atom is 0.433 e. The number of rotatable bonds is 4. The van der Waals surface area contributed by atoms with Crippen molar-refractivity contribution in [2.24, 2.45) is 0 Å². The SMILES string of the molecule is Cc1nn(Cc2c(F)cc(F)cc2F)c(C)c1NC(=O)c1cc(C(F)(F)F)nc2ccc(Br)cc12. The van der Waals surface area contributed by atoms with E-state index in [2.05, 4.69) is 31.3 Å². The number of nitrogens with one attached hydrogen (secondary N) is 1. The van der Waals surface area contributed by atoms with Crippen molar-refractivity contribution in [3.05, 3.63) is 86.5 Å². The van der Waals surface area contributed by atoms with Crippen molar-refractivity contribution >= 4 is 38.4 Å². The predicted molar refractivity (Wildman–Crippen MR) is 120 cm³/mol. The van der Waals surface area contributed by atoms with Crippen LogP contribution in [0.2, 0.25) is 0 Å². The molecule has 0 radical (unpaired) electrons. The normalized spacial score (nSPS) is 11.8. The van der Waals surface area contributed by atoms with Crippen LogP contribution >= 0.6 is 15.9 Å². The molecule has 0 bridgehead atoms. The molecule has 1 N–H and O–H groups in total. The Morgan fingerprint density at radius 3 is 2.34 bits per heavy atom. The van der Waals surface area contributed by atoms with Crippen molar-refractivity contribution in [2.75, 3.05) is 5.32 Å². The van der Waals surface area contributed by atoms with Gasteiger partial charge in [-0.25, -0.2) is 18.2 Å². The van der Waals surface area contributed by atoms with Gasteiger partial charge in [0.25, 0.3) is 5.91 Å². The molecule has 0 saturated heterocycles. The van der Waals surface area contributed by atoms with Crippen LogP contribution in [0.25, 0.3) is 10.9 Å². The van der Waals surface area contributed by atoms with Crippen molar-refractivity contribution in [3.8, 4) is 0 Å². The summed E-state index contributed by atoms with van der Waals surface area (Å²) in [6, 6.07) is 6.06. The fraction of sp³-hybridized carbons (Fsp3) is 0.174. The number of alkyl halides is 3. The fourth-order valence-corrected chi connectivity index (χ4v) is 3.98. The summed E-state index contributed by atoms with van der Waals surface area (Å²) >= 11 is 3.23. The van der Waals surface area contributed by atoms with Crippen LogP contribution in [0.4, 0.5) is 32.0 Å². The van der Waals surface area contributed by atoms with E-state index in [1.807, 2.05) is 0 Å². The lowest BCUT2D eigenvalue weighted by Gasteiger charge is -2.13. The van der Waals surface area contributed by atoms with Crippen LogP contribution in [0.5, 0.6) is 0 Å². The highest BCUT2D eigenvalue weighted by Gasteiger charge is 2.34. The third-order valence-electron chi connectivity index (χ3n) is 5.34. The zero-order valence-electron chi connectivity index (χ0n) is 18.1. The molecule has 0 atom stereocenters. The molecule has 0 saturated carbocycles. The molecule has 0 aliphatic rings. The number of halogens is 7. The second kappa shape index (κ2) is 8.99. The van der Waals surface area contributed by atoms with E-state index in [1.165, 1.54) is 36.7 Å². The molecule has 4 aromatic rings. The van der Waals surface area contributed by atoms with E-state index < -0.39 is 47.3 Å². The van der Waals surface area contributed by atoms with Gasteiger partial charge in [-0.2, -0.15) is 18.3 Å². The summed E-state index contributed by atoms with van der Waals surface area (Å²) in [6.45, 7) is 2.63. The Morgan fingerprint density at radius 2 is 1.71 bits per heavy atom. The van der Waals surface area contributed by atoms with Crippen LogP contribution in [0, 0.1) is 31.3 Å². The Balaban J connectivity index is 1.73. The molecular weight excluding hydrogens is 542 g/mol. The standard InChI is InChI=1S/C23H15BrF6N4O/c1-10-21(11(2)34(33-10)9-16-17(26)6-13(25)7-18(16)27)32-22(35)15-8-20(23(28,29)30)31-19-4-3-12(24)5-14(15)19/h3-8H,9H2,1-2H3,(H,32,35). The maximum atomic E-state index is 14.1. The van der Waals surface area contributed by atoms with Crippen molar-refractivity contribution < 1.29 is 31.1 Å². The summed E-state index contributed by atoms with van der Waals surface area (Å²) in [5.74, 6) is -4.13. The quantitative estimate of drug-likeness (QED) is 0.290. The minimum absolute atomic E-state index is 0.0282. The first kappa shape index (κ1) is 24.7. The number of carbonyl (C=O) groups excluding carboxylic acids is 1. The number of carbonyl (C=O) groups is 1. The smallest absolute Gasteiger partial charge is 0.319 e. The number of benzene rings is 2. The van der Waals surface area contributed by atoms with Crippen LogP contribution in [-0.2, 0) is 12.7 Å². The number of pyridine rings is 1. The molecule has 0 unspecified atom stereocenters. The molecule has 2 aromatic heterocycles. The molecular formula is C23H15BrF6N4O. The van der Waals surface area contributed by atoms with E-state index in [1.54, 1.807) is 0 Å². The number of fused-ring (bicyclic) bond motifs is 1. The van der Waals surface area contributed by atoms with Gasteiger partial charge in [0.2, 0.25) is 0 Å². The summed E-state index contributed by atoms with van der Waals surface area (Å²) in [6.07, 6.45) is -4.78. The average molecular weight is 557 g/mol. The minimum Gasteiger partial charge on any atom is -0.319 e. The molecule has 35 heavy (non-hydrogen) atoms. The topological polar surface area (TPSA) is 59.8 Å². The molecule has 0 spiro atoms. The van der Waals surface area contributed by atoms with Crippen LogP contribution in [0.3, 0.4) is 0 Å². The fourth-order valence-electron chi connectivity index (χ4n) is 3.62. The first-order valence-corrected chi connectivity index (χ1v) is 10.8. The van der Waals surface area contributed by atoms with Crippen molar-refractivity contribution in [2.45, 2.75) is 26.6 Å². The summed E-state index contributed by atoms with van der Waals surface area (Å²) < 4.78 is 83.3. The van der Waals surface area contributed by atoms with Crippen molar-refractivity contribution in [1.29, 1.82) is 0 Å². The third kappa shape index (κ3) is 4.88. The number of aromatic nitrogens is 3. The molecule has 2 aromatic carbocycles. The molecule has 4 rings (SSSR count). The number of aryl methyl sites for hydroxylation is 1. The second-order valence-corrected chi connectivity index (χ2v) is 8.64. The van der Waals surface area contributed by atoms with Crippen LogP contribution < -0.4 is 5.32 Å². The third-order valence-corrected chi connectivity index (χ3v) is 5.83. The first-order chi connectivity index (χ1) is 16.3. The minimum atomic E-state index is -4.78. The van der Waals surface area contributed by atoms with Crippen molar-refractivity contribution in [3.63, 3.8) is 0 Å². The van der Waals surface area contributed by atoms with Gasteiger partial charge < -0.3 is 5.32 Å². The zero-order valence-corrected chi connectivity index (χ0v) is 19.7. The summed E-state index contributed by atoms with van der Waals surface area (Å²) in [5.41, 5.74) is -1.26. The molecule has 0 aliphatic heterocycles. The number of hydrogen-bond donors (Lipinski definition) is 1. The number of anilines is 1. The highest BCUT2D eigenvalue weighted by Crippen LogP contribution is 2.33. The van der Waals surface area contributed by atoms with E-state index in [0.29, 0.717) is 22.7 Å². The summed E-state index contributed by atoms with van der Waals surface area (Å²) in [7, 11) is 0. The van der Waals surface area contributed by atoms with Gasteiger partial charge in [-0.05, 0) is 38.1 Å². The molecule has 0 aliphatic carbocycles. The Kier molecular flexibility index (Phi) is 6.34. The van der Waals surface area contributed by atoms with Crippen LogP contribution in [0.1, 0.15) is 33.0 Å². The molecule has 12 heteroatoms. The van der Waals surface area contributed by atoms with Gasteiger partial charge in [-0.1, -0.05) is 15.9 Å². The lowest BCUT2D eigenvalue weighted by atomic mass is 10.1. The van der Waals surface area contributed by atoms with Gasteiger partial charge in [-0.15, -0.1) is 0 Å². The lowest BCUT2D eigenvalue weighted by Crippen LogP contribution is -2.17. The zero-order chi connectivity index (χ0) is 25.7. The second-order valence-electron chi connectivity index (χ2n) is 7.72. The number of amides is 1. The van der Waals surface area contributed by atoms with E-state index in [-0.39, 0.29) is 33.5 Å². The Labute approximate surface area is 202 Å². The Morgan fingerprint density at radius 1 is 1.06 bits per heavy atom. The largest absolute Gasteiger partial charge is 0.433 e. The number of hydrogen-bond acceptors (Lipinski definition) is 3. The first-order valence-electron chi connectivity index (χ1n) is 10.0. The number of nitrogens with zero attached hydrogens (tertiary/aromatic N) is 3. The van der Waals surface area contributed by atoms with Gasteiger partial charge in [0.05, 0.1) is 34.7 Å². The van der Waals surface area contributed by atoms with Crippen LogP contribution in [-0.4, -0.2) is 20.7 Å². The average Bonchev–Trinajstić information content (AvgIpc) is 3.02. The highest BCUT2D eigenvalue weighted by atomic mass is 79.9. The Bertz CT molecular complexity index is 1460. The monoisotopic (exact) mass is 556 g/mol. The molecule has 0 fully saturated rings. The van der Waals surface area contributed by atoms with E-state index in [4.69, 9.17) is 0 Å². The predicted octanol–water partition coefficient (Wildman–Crippen LogP) is 6.55. The van der Waals surface area contributed by atoms with Crippen molar-refractivity contribution in [1.82, 2.24) is 14.8 Å². The summed E-state index contributed by atoms with van der Waals surface area (Å²) in [4.78, 5) is 16.7. The van der Waals surface area contributed by atoms with Gasteiger partial charge >= 0.3 is 6.18 Å².